The van der Waals surface area contributed by atoms with Crippen molar-refractivity contribution in [3.05, 3.63) is 46.2 Å². The number of hydrogen-bond acceptors (Lipinski definition) is 1. The maximum absolute atomic E-state index is 12.5. The van der Waals surface area contributed by atoms with Crippen molar-refractivity contribution in [1.29, 1.82) is 0 Å². The maximum Gasteiger partial charge on any atom is 0.419 e. The lowest BCUT2D eigenvalue weighted by molar-refractivity contribution is -0.137. The van der Waals surface area contributed by atoms with E-state index in [0.29, 0.717) is 16.0 Å². The van der Waals surface area contributed by atoms with Crippen LogP contribution in [0.4, 0.5) is 13.2 Å². The lowest BCUT2D eigenvalue weighted by Crippen LogP contribution is -2.03. The second kappa shape index (κ2) is 4.93. The molecule has 7 heteroatoms. The molecule has 0 amide bonds. The highest BCUT2D eigenvalue weighted by atomic mass is 79.9. The molecule has 0 radical (unpaired) electrons. The Hall–Kier alpha value is -1.01. The summed E-state index contributed by atoms with van der Waals surface area (Å²) < 4.78 is 39.2. The molecule has 0 spiro atoms. The highest BCUT2D eigenvalue weighted by Gasteiger charge is 2.32. The van der Waals surface area contributed by atoms with Gasteiger partial charge in [-0.25, -0.2) is 4.68 Å². The predicted molar refractivity (Wildman–Crippen MR) is 65.8 cm³/mol. The summed E-state index contributed by atoms with van der Waals surface area (Å²) in [5.74, 6) is 0.339. The van der Waals surface area contributed by atoms with E-state index in [1.807, 2.05) is 0 Å². The van der Waals surface area contributed by atoms with E-state index in [-0.39, 0.29) is 0 Å². The van der Waals surface area contributed by atoms with Gasteiger partial charge in [0.25, 0.3) is 0 Å². The Labute approximate surface area is 114 Å². The molecule has 0 bridgehead atoms. The van der Waals surface area contributed by atoms with Gasteiger partial charge in [0.15, 0.2) is 0 Å². The first-order valence-corrected chi connectivity index (χ1v) is 6.21. The molecule has 1 aromatic carbocycles. The van der Waals surface area contributed by atoms with Crippen molar-refractivity contribution in [3.8, 4) is 5.69 Å². The fraction of sp³-hybridized carbons (Fsp3) is 0.182. The predicted octanol–water partition coefficient (Wildman–Crippen LogP) is 4.39. The molecule has 0 aliphatic heterocycles. The summed E-state index contributed by atoms with van der Waals surface area (Å²) in [4.78, 5) is 0. The Kier molecular flexibility index (Phi) is 3.68. The van der Waals surface area contributed by atoms with Gasteiger partial charge in [-0.05, 0) is 33.6 Å². The van der Waals surface area contributed by atoms with Crippen LogP contribution in [0.15, 0.2) is 35.1 Å². The first-order valence-electron chi connectivity index (χ1n) is 4.88. The van der Waals surface area contributed by atoms with Crippen LogP contribution < -0.4 is 0 Å². The van der Waals surface area contributed by atoms with Crippen molar-refractivity contribution >= 4 is 27.5 Å². The molecule has 0 aliphatic rings. The van der Waals surface area contributed by atoms with E-state index in [1.54, 1.807) is 18.2 Å². The highest BCUT2D eigenvalue weighted by Crippen LogP contribution is 2.30. The van der Waals surface area contributed by atoms with E-state index in [2.05, 4.69) is 21.0 Å². The van der Waals surface area contributed by atoms with Gasteiger partial charge in [0.05, 0.1) is 17.4 Å². The molecule has 0 saturated heterocycles. The average molecular weight is 340 g/mol. The summed E-state index contributed by atoms with van der Waals surface area (Å²) >= 11 is 8.95. The van der Waals surface area contributed by atoms with Crippen molar-refractivity contribution < 1.29 is 13.2 Å². The van der Waals surface area contributed by atoms with Crippen molar-refractivity contribution in [2.75, 3.05) is 0 Å². The van der Waals surface area contributed by atoms with Crippen molar-refractivity contribution in [2.24, 2.45) is 0 Å². The second-order valence-electron chi connectivity index (χ2n) is 3.59. The minimum atomic E-state index is -4.39. The van der Waals surface area contributed by atoms with Gasteiger partial charge in [0.2, 0.25) is 0 Å². The van der Waals surface area contributed by atoms with Crippen LogP contribution in [0.2, 0.25) is 0 Å². The zero-order valence-electron chi connectivity index (χ0n) is 8.88. The first-order chi connectivity index (χ1) is 8.41. The van der Waals surface area contributed by atoms with Gasteiger partial charge in [-0.2, -0.15) is 18.3 Å². The Bertz CT molecular complexity index is 566. The van der Waals surface area contributed by atoms with Crippen molar-refractivity contribution in [3.63, 3.8) is 0 Å². The summed E-state index contributed by atoms with van der Waals surface area (Å²) in [6, 6.07) is 5.15. The summed E-state index contributed by atoms with van der Waals surface area (Å²) in [6.07, 6.45) is -2.65. The van der Waals surface area contributed by atoms with Gasteiger partial charge < -0.3 is 0 Å². The van der Waals surface area contributed by atoms with Gasteiger partial charge in [0, 0.05) is 16.5 Å². The number of hydrogen-bond donors (Lipinski definition) is 0. The SMILES string of the molecule is FC(F)(F)c1cnn(-c2ccc(CCl)cc2Br)c1. The Morgan fingerprint density at radius 1 is 1.33 bits per heavy atom. The van der Waals surface area contributed by atoms with Gasteiger partial charge in [-0.15, -0.1) is 11.6 Å². The Morgan fingerprint density at radius 2 is 2.06 bits per heavy atom. The van der Waals surface area contributed by atoms with Crippen LogP contribution in [0.25, 0.3) is 5.69 Å². The molecule has 2 nitrogen and oxygen atoms in total. The van der Waals surface area contributed by atoms with Gasteiger partial charge in [-0.1, -0.05) is 6.07 Å². The standard InChI is InChI=1S/C11H7BrClF3N2/c12-9-3-7(4-13)1-2-10(9)18-6-8(5-17-18)11(14,15)16/h1-3,5-6H,4H2. The molecule has 2 rings (SSSR count). The third kappa shape index (κ3) is 2.70. The molecular weight excluding hydrogens is 332 g/mol. The Balaban J connectivity index is 2.40. The quantitative estimate of drug-likeness (QED) is 0.742. The van der Waals surface area contributed by atoms with Crippen LogP contribution in [0.3, 0.4) is 0 Å². The van der Waals surface area contributed by atoms with Crippen molar-refractivity contribution in [2.45, 2.75) is 12.1 Å². The van der Waals surface area contributed by atoms with Crippen molar-refractivity contribution in [1.82, 2.24) is 9.78 Å². The first kappa shape index (κ1) is 13.4. The van der Waals surface area contributed by atoms with E-state index < -0.39 is 11.7 Å². The molecule has 0 atom stereocenters. The van der Waals surface area contributed by atoms with Gasteiger partial charge in [-0.3, -0.25) is 0 Å². The zero-order chi connectivity index (χ0) is 13.3. The average Bonchev–Trinajstić information content (AvgIpc) is 2.77. The number of aromatic nitrogens is 2. The van der Waals surface area contributed by atoms with Crippen LogP contribution >= 0.6 is 27.5 Å². The molecule has 0 saturated carbocycles. The van der Waals surface area contributed by atoms with Crippen LogP contribution in [0.5, 0.6) is 0 Å². The number of alkyl halides is 4. The minimum Gasteiger partial charge on any atom is -0.239 e. The summed E-state index contributed by atoms with van der Waals surface area (Å²) in [7, 11) is 0. The van der Waals surface area contributed by atoms with E-state index in [1.165, 1.54) is 4.68 Å². The molecule has 0 aliphatic carbocycles. The summed E-state index contributed by atoms with van der Waals surface area (Å²) in [5, 5.41) is 3.70. The third-order valence-corrected chi connectivity index (χ3v) is 3.27. The lowest BCUT2D eigenvalue weighted by atomic mass is 10.2. The number of benzene rings is 1. The molecule has 0 unspecified atom stereocenters. The highest BCUT2D eigenvalue weighted by molar-refractivity contribution is 9.10. The smallest absolute Gasteiger partial charge is 0.239 e. The third-order valence-electron chi connectivity index (χ3n) is 2.32. The molecule has 18 heavy (non-hydrogen) atoms. The number of halogens is 5. The minimum absolute atomic E-state index is 0.339. The maximum atomic E-state index is 12.5. The number of nitrogens with zero attached hydrogens (tertiary/aromatic N) is 2. The van der Waals surface area contributed by atoms with E-state index in [0.717, 1.165) is 18.0 Å². The second-order valence-corrected chi connectivity index (χ2v) is 4.71. The Morgan fingerprint density at radius 3 is 2.56 bits per heavy atom. The molecule has 0 N–H and O–H groups in total. The van der Waals surface area contributed by atoms with Crippen LogP contribution in [-0.4, -0.2) is 9.78 Å². The lowest BCUT2D eigenvalue weighted by Gasteiger charge is -2.06. The van der Waals surface area contributed by atoms with Gasteiger partial charge in [0.1, 0.15) is 0 Å². The van der Waals surface area contributed by atoms with E-state index in [9.17, 15) is 13.2 Å². The topological polar surface area (TPSA) is 17.8 Å². The summed E-state index contributed by atoms with van der Waals surface area (Å²) in [6.45, 7) is 0. The largest absolute Gasteiger partial charge is 0.419 e. The van der Waals surface area contributed by atoms with Gasteiger partial charge >= 0.3 is 6.18 Å². The number of rotatable bonds is 2. The fourth-order valence-electron chi connectivity index (χ4n) is 1.42. The summed E-state index contributed by atoms with van der Waals surface area (Å²) in [5.41, 5.74) is 0.616. The van der Waals surface area contributed by atoms with E-state index in [4.69, 9.17) is 11.6 Å². The van der Waals surface area contributed by atoms with E-state index >= 15 is 0 Å². The van der Waals surface area contributed by atoms with Crippen LogP contribution in [-0.2, 0) is 12.1 Å². The molecule has 96 valence electrons. The molecule has 2 aromatic rings. The molecule has 1 heterocycles. The monoisotopic (exact) mass is 338 g/mol. The molecule has 1 aromatic heterocycles. The zero-order valence-corrected chi connectivity index (χ0v) is 11.2. The van der Waals surface area contributed by atoms with Crippen LogP contribution in [0.1, 0.15) is 11.1 Å². The molecule has 0 fully saturated rings. The molecular formula is C11H7BrClF3N2. The fourth-order valence-corrected chi connectivity index (χ4v) is 2.19. The van der Waals surface area contributed by atoms with Crippen LogP contribution in [0, 0.1) is 0 Å². The normalized spacial score (nSPS) is 11.8.